The van der Waals surface area contributed by atoms with Gasteiger partial charge >= 0.3 is 0 Å². The molecule has 3 heterocycles. The molecule has 7 nitrogen and oxygen atoms in total. The van der Waals surface area contributed by atoms with Gasteiger partial charge in [-0.15, -0.1) is 24.8 Å². The number of aliphatic hydroxyl groups excluding tert-OH is 1. The van der Waals surface area contributed by atoms with Crippen molar-refractivity contribution in [2.45, 2.75) is 13.0 Å². The van der Waals surface area contributed by atoms with E-state index in [1.807, 2.05) is 49.5 Å². The number of benzene rings is 2. The van der Waals surface area contributed by atoms with Gasteiger partial charge in [-0.05, 0) is 43.3 Å². The number of β-amino-alcohol motifs (C(OH)–C–C–N with tert-alkyl or cyclic N) is 1. The van der Waals surface area contributed by atoms with Crippen molar-refractivity contribution in [3.63, 3.8) is 0 Å². The van der Waals surface area contributed by atoms with Crippen LogP contribution in [0.1, 0.15) is 5.56 Å². The fourth-order valence-corrected chi connectivity index (χ4v) is 4.28. The number of hydrogen-bond donors (Lipinski definition) is 1. The van der Waals surface area contributed by atoms with E-state index in [0.717, 1.165) is 37.6 Å². The number of piperazine rings is 1. The molecule has 1 unspecified atom stereocenters. The van der Waals surface area contributed by atoms with Gasteiger partial charge in [-0.1, -0.05) is 17.7 Å². The zero-order chi connectivity index (χ0) is 22.8. The van der Waals surface area contributed by atoms with Crippen LogP contribution in [0.4, 0.5) is 5.82 Å². The number of rotatable bonds is 6. The zero-order valence-electron chi connectivity index (χ0n) is 19.4. The minimum Gasteiger partial charge on any atom is -0.491 e. The fourth-order valence-electron chi connectivity index (χ4n) is 4.28. The van der Waals surface area contributed by atoms with E-state index in [0.29, 0.717) is 34.2 Å². The smallest absolute Gasteiger partial charge is 0.200 e. The first-order valence-electron chi connectivity index (χ1n) is 11.2. The first-order chi connectivity index (χ1) is 16.1. The van der Waals surface area contributed by atoms with Gasteiger partial charge < -0.3 is 19.2 Å². The van der Waals surface area contributed by atoms with Crippen LogP contribution in [0.15, 0.2) is 70.0 Å². The molecule has 1 N–H and O–H groups in total. The molecule has 9 heteroatoms. The van der Waals surface area contributed by atoms with Gasteiger partial charge in [-0.2, -0.15) is 0 Å². The third-order valence-electron chi connectivity index (χ3n) is 6.05. The third-order valence-corrected chi connectivity index (χ3v) is 6.05. The van der Waals surface area contributed by atoms with Crippen molar-refractivity contribution in [3.05, 3.63) is 76.6 Å². The monoisotopic (exact) mass is 517 g/mol. The molecular weight excluding hydrogens is 489 g/mol. The van der Waals surface area contributed by atoms with Crippen LogP contribution >= 0.6 is 24.8 Å². The lowest BCUT2D eigenvalue weighted by molar-refractivity contribution is 0.0663. The van der Waals surface area contributed by atoms with Crippen molar-refractivity contribution < 1.29 is 14.3 Å². The van der Waals surface area contributed by atoms with Crippen molar-refractivity contribution in [3.8, 4) is 5.75 Å². The molecule has 5 rings (SSSR count). The van der Waals surface area contributed by atoms with E-state index in [9.17, 15) is 9.90 Å². The molecule has 35 heavy (non-hydrogen) atoms. The molecule has 0 saturated carbocycles. The molecule has 1 aliphatic rings. The summed E-state index contributed by atoms with van der Waals surface area (Å²) in [5, 5.41) is 11.6. The largest absolute Gasteiger partial charge is 0.491 e. The molecule has 0 amide bonds. The summed E-state index contributed by atoms with van der Waals surface area (Å²) >= 11 is 0. The Hall–Kier alpha value is -2.84. The predicted octanol–water partition coefficient (Wildman–Crippen LogP) is 4.06. The Morgan fingerprint density at radius 3 is 2.54 bits per heavy atom. The van der Waals surface area contributed by atoms with E-state index in [-0.39, 0.29) is 36.8 Å². The topological polar surface area (TPSA) is 79.0 Å². The maximum absolute atomic E-state index is 12.8. The Bertz CT molecular complexity index is 1320. The lowest BCUT2D eigenvalue weighted by atomic mass is 10.1. The van der Waals surface area contributed by atoms with E-state index in [2.05, 4.69) is 14.8 Å². The standard InChI is InChI=1S/C26H27N3O4.2ClH/c1-18-5-8-23-22(14-18)26(31)21-7-6-20(15-24(21)33-23)32-17-19(30)16-28-10-12-29(13-11-28)25-4-2-3-9-27-25;;/h2-9,14-15,19,30H,10-13,16-17H2,1H3;2*1H. The van der Waals surface area contributed by atoms with Gasteiger partial charge in [0.25, 0.3) is 0 Å². The van der Waals surface area contributed by atoms with E-state index in [1.54, 1.807) is 18.2 Å². The maximum Gasteiger partial charge on any atom is 0.200 e. The molecule has 2 aromatic heterocycles. The summed E-state index contributed by atoms with van der Waals surface area (Å²) in [6, 6.07) is 16.7. The summed E-state index contributed by atoms with van der Waals surface area (Å²) in [6.45, 7) is 6.14. The van der Waals surface area contributed by atoms with Crippen molar-refractivity contribution in [1.29, 1.82) is 0 Å². The molecule has 1 aliphatic heterocycles. The van der Waals surface area contributed by atoms with E-state index < -0.39 is 6.10 Å². The lowest BCUT2D eigenvalue weighted by Crippen LogP contribution is -2.49. The minimum absolute atomic E-state index is 0. The highest BCUT2D eigenvalue weighted by atomic mass is 35.5. The molecule has 1 fully saturated rings. The number of aliphatic hydroxyl groups is 1. The second kappa shape index (κ2) is 11.7. The first kappa shape index (κ1) is 26.8. The number of nitrogens with zero attached hydrogens (tertiary/aromatic N) is 3. The molecule has 186 valence electrons. The van der Waals surface area contributed by atoms with Gasteiger partial charge in [0, 0.05) is 45.0 Å². The second-order valence-corrected chi connectivity index (χ2v) is 8.53. The molecule has 0 radical (unpaired) electrons. The number of aryl methyl sites for hydroxylation is 1. The number of anilines is 1. The van der Waals surface area contributed by atoms with E-state index >= 15 is 0 Å². The molecule has 4 aromatic rings. The van der Waals surface area contributed by atoms with Gasteiger partial charge in [0.2, 0.25) is 5.43 Å². The van der Waals surface area contributed by atoms with E-state index in [4.69, 9.17) is 9.15 Å². The van der Waals surface area contributed by atoms with Crippen molar-refractivity contribution >= 4 is 52.6 Å². The van der Waals surface area contributed by atoms with Gasteiger partial charge in [-0.3, -0.25) is 9.69 Å². The summed E-state index contributed by atoms with van der Waals surface area (Å²) in [6.07, 6.45) is 1.19. The van der Waals surface area contributed by atoms with E-state index in [1.165, 1.54) is 0 Å². The quantitative estimate of drug-likeness (QED) is 0.386. The normalized spacial score (nSPS) is 14.9. The van der Waals surface area contributed by atoms with Crippen molar-refractivity contribution in [2.24, 2.45) is 0 Å². The third kappa shape index (κ3) is 6.05. The van der Waals surface area contributed by atoms with Crippen LogP contribution in [-0.4, -0.2) is 60.4 Å². The first-order valence-corrected chi connectivity index (χ1v) is 11.2. The van der Waals surface area contributed by atoms with Crippen LogP contribution < -0.4 is 15.1 Å². The Labute approximate surface area is 216 Å². The summed E-state index contributed by atoms with van der Waals surface area (Å²) in [5.74, 6) is 1.56. The highest BCUT2D eigenvalue weighted by Gasteiger charge is 2.20. The molecule has 0 spiro atoms. The van der Waals surface area contributed by atoms with Crippen LogP contribution in [0.2, 0.25) is 0 Å². The van der Waals surface area contributed by atoms with Crippen molar-refractivity contribution in [2.75, 3.05) is 44.2 Å². The summed E-state index contributed by atoms with van der Waals surface area (Å²) in [7, 11) is 0. The van der Waals surface area contributed by atoms with Gasteiger partial charge in [0.1, 0.15) is 35.4 Å². The highest BCUT2D eigenvalue weighted by molar-refractivity contribution is 5.90. The molecular formula is C26H29Cl2N3O4. The zero-order valence-corrected chi connectivity index (χ0v) is 21.1. The summed E-state index contributed by atoms with van der Waals surface area (Å²) in [4.78, 5) is 21.7. The Morgan fingerprint density at radius 1 is 1.00 bits per heavy atom. The minimum atomic E-state index is -0.617. The number of halogens is 2. The molecule has 2 aromatic carbocycles. The average molecular weight is 518 g/mol. The van der Waals surface area contributed by atoms with Crippen LogP contribution in [0.5, 0.6) is 5.75 Å². The molecule has 1 atom stereocenters. The average Bonchev–Trinajstić information content (AvgIpc) is 2.84. The lowest BCUT2D eigenvalue weighted by Gasteiger charge is -2.36. The molecule has 0 bridgehead atoms. The summed E-state index contributed by atoms with van der Waals surface area (Å²) in [5.41, 5.74) is 2.00. The SMILES string of the molecule is Cc1ccc2oc3cc(OCC(O)CN4CCN(c5ccccn5)CC4)ccc3c(=O)c2c1.Cl.Cl. The number of fused-ring (bicyclic) bond motifs is 2. The van der Waals surface area contributed by atoms with Gasteiger partial charge in [-0.25, -0.2) is 4.98 Å². The summed E-state index contributed by atoms with van der Waals surface area (Å²) < 4.78 is 11.8. The van der Waals surface area contributed by atoms with Crippen molar-refractivity contribution in [1.82, 2.24) is 9.88 Å². The predicted molar refractivity (Wildman–Crippen MR) is 144 cm³/mol. The number of aromatic nitrogens is 1. The van der Waals surface area contributed by atoms with Gasteiger partial charge in [0.05, 0.1) is 10.8 Å². The Balaban J connectivity index is 0.00000171. The number of pyridine rings is 1. The highest BCUT2D eigenvalue weighted by Crippen LogP contribution is 2.23. The van der Waals surface area contributed by atoms with Crippen LogP contribution in [0.25, 0.3) is 21.9 Å². The van der Waals surface area contributed by atoms with Crippen LogP contribution in [0, 0.1) is 6.92 Å². The van der Waals surface area contributed by atoms with Gasteiger partial charge in [0.15, 0.2) is 0 Å². The Morgan fingerprint density at radius 2 is 1.80 bits per heavy atom. The number of hydrogen-bond acceptors (Lipinski definition) is 7. The maximum atomic E-state index is 12.8. The molecule has 1 saturated heterocycles. The van der Waals surface area contributed by atoms with Crippen LogP contribution in [0.3, 0.4) is 0 Å². The fraction of sp³-hybridized carbons (Fsp3) is 0.308. The Kier molecular flexibility index (Phi) is 8.97. The van der Waals surface area contributed by atoms with Crippen LogP contribution in [-0.2, 0) is 0 Å². The second-order valence-electron chi connectivity index (χ2n) is 8.53. The number of ether oxygens (including phenoxy) is 1. The molecule has 0 aliphatic carbocycles.